The summed E-state index contributed by atoms with van der Waals surface area (Å²) in [7, 11) is 1.70. The SMILES string of the molecule is CN=C(NCc1ccc(C(F)(F)F)cc1)NCC1CCCN(CC(C)C)C1.I. The molecule has 1 aliphatic heterocycles. The van der Waals surface area contributed by atoms with Crippen molar-refractivity contribution >= 4 is 29.9 Å². The first kappa shape index (κ1) is 25.0. The molecule has 1 saturated heterocycles. The lowest BCUT2D eigenvalue weighted by molar-refractivity contribution is -0.137. The highest BCUT2D eigenvalue weighted by Gasteiger charge is 2.29. The molecule has 4 nitrogen and oxygen atoms in total. The zero-order chi connectivity index (χ0) is 19.9. The van der Waals surface area contributed by atoms with Gasteiger partial charge in [0.1, 0.15) is 0 Å². The molecule has 0 radical (unpaired) electrons. The molecule has 2 rings (SSSR count). The van der Waals surface area contributed by atoms with Gasteiger partial charge in [-0.3, -0.25) is 4.99 Å². The Hall–Kier alpha value is -1.03. The van der Waals surface area contributed by atoms with Gasteiger partial charge in [-0.1, -0.05) is 26.0 Å². The van der Waals surface area contributed by atoms with Crippen molar-refractivity contribution in [2.45, 2.75) is 39.4 Å². The van der Waals surface area contributed by atoms with Crippen LogP contribution in [0.2, 0.25) is 0 Å². The van der Waals surface area contributed by atoms with Crippen LogP contribution in [0, 0.1) is 11.8 Å². The summed E-state index contributed by atoms with van der Waals surface area (Å²) in [5, 5.41) is 6.52. The number of piperidine rings is 1. The fourth-order valence-corrected chi connectivity index (χ4v) is 3.46. The minimum absolute atomic E-state index is 0. The van der Waals surface area contributed by atoms with Crippen molar-refractivity contribution < 1.29 is 13.2 Å². The Kier molecular flexibility index (Phi) is 10.6. The Labute approximate surface area is 183 Å². The molecular weight excluding hydrogens is 480 g/mol. The number of likely N-dealkylation sites (tertiary alicyclic amines) is 1. The first-order valence-electron chi connectivity index (χ1n) is 9.61. The monoisotopic (exact) mass is 512 g/mol. The molecule has 0 spiro atoms. The molecule has 1 unspecified atom stereocenters. The van der Waals surface area contributed by atoms with E-state index in [1.165, 1.54) is 31.5 Å². The Morgan fingerprint density at radius 2 is 1.89 bits per heavy atom. The van der Waals surface area contributed by atoms with Crippen LogP contribution in [0.4, 0.5) is 13.2 Å². The second-order valence-electron chi connectivity index (χ2n) is 7.66. The number of aliphatic imine (C=N–C) groups is 1. The summed E-state index contributed by atoms with van der Waals surface area (Å²) in [6.07, 6.45) is -1.87. The van der Waals surface area contributed by atoms with Gasteiger partial charge in [-0.05, 0) is 48.9 Å². The molecule has 0 amide bonds. The third-order valence-corrected chi connectivity index (χ3v) is 4.75. The van der Waals surface area contributed by atoms with Gasteiger partial charge in [0.15, 0.2) is 5.96 Å². The van der Waals surface area contributed by atoms with Gasteiger partial charge in [0.25, 0.3) is 0 Å². The molecule has 1 aromatic carbocycles. The van der Waals surface area contributed by atoms with E-state index in [1.54, 1.807) is 7.05 Å². The van der Waals surface area contributed by atoms with Crippen LogP contribution in [0.25, 0.3) is 0 Å². The molecule has 0 aromatic heterocycles. The molecule has 1 aliphatic rings. The van der Waals surface area contributed by atoms with Crippen molar-refractivity contribution in [3.05, 3.63) is 35.4 Å². The number of benzene rings is 1. The summed E-state index contributed by atoms with van der Waals surface area (Å²) in [6.45, 7) is 9.18. The zero-order valence-electron chi connectivity index (χ0n) is 16.9. The van der Waals surface area contributed by atoms with Crippen LogP contribution in [0.1, 0.15) is 37.8 Å². The molecule has 2 N–H and O–H groups in total. The van der Waals surface area contributed by atoms with Crippen LogP contribution < -0.4 is 10.6 Å². The number of rotatable bonds is 6. The predicted octanol–water partition coefficient (Wildman–Crippen LogP) is 4.36. The Morgan fingerprint density at radius 3 is 2.46 bits per heavy atom. The van der Waals surface area contributed by atoms with Crippen LogP contribution in [0.5, 0.6) is 0 Å². The van der Waals surface area contributed by atoms with E-state index in [4.69, 9.17) is 0 Å². The van der Waals surface area contributed by atoms with E-state index in [1.807, 2.05) is 0 Å². The van der Waals surface area contributed by atoms with Crippen LogP contribution in [-0.2, 0) is 12.7 Å². The molecule has 0 saturated carbocycles. The summed E-state index contributed by atoms with van der Waals surface area (Å²) in [4.78, 5) is 6.74. The molecule has 8 heteroatoms. The average molecular weight is 512 g/mol. The van der Waals surface area contributed by atoms with Crippen LogP contribution >= 0.6 is 24.0 Å². The van der Waals surface area contributed by atoms with Gasteiger partial charge >= 0.3 is 6.18 Å². The van der Waals surface area contributed by atoms with Gasteiger partial charge in [0.05, 0.1) is 5.56 Å². The highest BCUT2D eigenvalue weighted by atomic mass is 127. The molecular formula is C20H32F3IN4. The van der Waals surface area contributed by atoms with Gasteiger partial charge in [0.2, 0.25) is 0 Å². The number of alkyl halides is 3. The molecule has 0 aliphatic carbocycles. The maximum Gasteiger partial charge on any atom is 0.416 e. The largest absolute Gasteiger partial charge is 0.416 e. The lowest BCUT2D eigenvalue weighted by atomic mass is 9.97. The molecule has 1 heterocycles. The van der Waals surface area contributed by atoms with Crippen molar-refractivity contribution in [3.8, 4) is 0 Å². The van der Waals surface area contributed by atoms with Gasteiger partial charge in [-0.25, -0.2) is 0 Å². The van der Waals surface area contributed by atoms with Gasteiger partial charge in [0, 0.05) is 33.2 Å². The van der Waals surface area contributed by atoms with Crippen molar-refractivity contribution in [2.75, 3.05) is 33.2 Å². The third kappa shape index (κ3) is 8.55. The number of hydrogen-bond acceptors (Lipinski definition) is 2. The smallest absolute Gasteiger partial charge is 0.356 e. The normalized spacial score (nSPS) is 18.7. The molecule has 160 valence electrons. The van der Waals surface area contributed by atoms with Crippen LogP contribution in [0.15, 0.2) is 29.3 Å². The summed E-state index contributed by atoms with van der Waals surface area (Å²) in [5.41, 5.74) is 0.156. The molecule has 0 bridgehead atoms. The van der Waals surface area contributed by atoms with Gasteiger partial charge < -0.3 is 15.5 Å². The minimum atomic E-state index is -4.30. The third-order valence-electron chi connectivity index (χ3n) is 4.75. The van der Waals surface area contributed by atoms with Crippen molar-refractivity contribution in [1.82, 2.24) is 15.5 Å². The first-order chi connectivity index (χ1) is 12.8. The second-order valence-corrected chi connectivity index (χ2v) is 7.66. The molecule has 28 heavy (non-hydrogen) atoms. The Morgan fingerprint density at radius 1 is 1.21 bits per heavy atom. The maximum absolute atomic E-state index is 12.6. The number of hydrogen-bond donors (Lipinski definition) is 2. The molecule has 1 aromatic rings. The Balaban J connectivity index is 0.00000392. The topological polar surface area (TPSA) is 39.7 Å². The fraction of sp³-hybridized carbons (Fsp3) is 0.650. The number of guanidine groups is 1. The Bertz CT molecular complexity index is 602. The summed E-state index contributed by atoms with van der Waals surface area (Å²) in [6, 6.07) is 5.21. The van der Waals surface area contributed by atoms with E-state index in [9.17, 15) is 13.2 Å². The summed E-state index contributed by atoms with van der Waals surface area (Å²) >= 11 is 0. The quantitative estimate of drug-likeness (QED) is 0.338. The summed E-state index contributed by atoms with van der Waals surface area (Å²) < 4.78 is 37.8. The molecule has 1 fully saturated rings. The first-order valence-corrected chi connectivity index (χ1v) is 9.61. The van der Waals surface area contributed by atoms with E-state index in [0.29, 0.717) is 24.3 Å². The van der Waals surface area contributed by atoms with Crippen LogP contribution in [-0.4, -0.2) is 44.1 Å². The predicted molar refractivity (Wildman–Crippen MR) is 119 cm³/mol. The van der Waals surface area contributed by atoms with Crippen molar-refractivity contribution in [1.29, 1.82) is 0 Å². The second kappa shape index (κ2) is 11.8. The van der Waals surface area contributed by atoms with E-state index in [0.717, 1.165) is 37.3 Å². The highest BCUT2D eigenvalue weighted by molar-refractivity contribution is 14.0. The lowest BCUT2D eigenvalue weighted by Crippen LogP contribution is -2.44. The average Bonchev–Trinajstić information content (AvgIpc) is 2.61. The maximum atomic E-state index is 12.6. The highest BCUT2D eigenvalue weighted by Crippen LogP contribution is 2.29. The van der Waals surface area contributed by atoms with Gasteiger partial charge in [-0.15, -0.1) is 24.0 Å². The zero-order valence-corrected chi connectivity index (χ0v) is 19.2. The van der Waals surface area contributed by atoms with Crippen molar-refractivity contribution in [3.63, 3.8) is 0 Å². The van der Waals surface area contributed by atoms with Crippen LogP contribution in [0.3, 0.4) is 0 Å². The van der Waals surface area contributed by atoms with E-state index < -0.39 is 11.7 Å². The van der Waals surface area contributed by atoms with E-state index >= 15 is 0 Å². The number of halogens is 4. The van der Waals surface area contributed by atoms with Crippen molar-refractivity contribution in [2.24, 2.45) is 16.8 Å². The number of nitrogens with zero attached hydrogens (tertiary/aromatic N) is 2. The van der Waals surface area contributed by atoms with E-state index in [-0.39, 0.29) is 24.0 Å². The lowest BCUT2D eigenvalue weighted by Gasteiger charge is -2.34. The minimum Gasteiger partial charge on any atom is -0.356 e. The molecule has 1 atom stereocenters. The standard InChI is InChI=1S/C20H31F3N4.HI/c1-15(2)13-27-10-4-5-17(14-27)12-26-19(24-3)25-11-16-6-8-18(9-7-16)20(21,22)23;/h6-9,15,17H,4-5,10-14H2,1-3H3,(H2,24,25,26);1H. The van der Waals surface area contributed by atoms with Gasteiger partial charge in [-0.2, -0.15) is 13.2 Å². The number of nitrogens with one attached hydrogen (secondary N) is 2. The van der Waals surface area contributed by atoms with E-state index in [2.05, 4.69) is 34.4 Å². The fourth-order valence-electron chi connectivity index (χ4n) is 3.46. The summed E-state index contributed by atoms with van der Waals surface area (Å²) in [5.74, 6) is 1.94.